The summed E-state index contributed by atoms with van der Waals surface area (Å²) in [5.74, 6) is -0.0211. The summed E-state index contributed by atoms with van der Waals surface area (Å²) in [7, 11) is 0. The van der Waals surface area contributed by atoms with E-state index in [4.69, 9.17) is 0 Å². The number of amides is 1. The molecule has 2 unspecified atom stereocenters. The Morgan fingerprint density at radius 1 is 0.317 bits per heavy atom. The Balaban J connectivity index is 3.38. The first kappa shape index (κ1) is 62.4. The van der Waals surface area contributed by atoms with Crippen LogP contribution in [-0.4, -0.2) is 34.9 Å². The molecule has 4 heteroatoms. The maximum absolute atomic E-state index is 12.5. The van der Waals surface area contributed by atoms with E-state index in [1.165, 1.54) is 302 Å². The third-order valence-electron chi connectivity index (χ3n) is 14.4. The van der Waals surface area contributed by atoms with E-state index in [2.05, 4.69) is 19.2 Å². The Bertz CT molecular complexity index is 834. The number of hydrogen-bond acceptors (Lipinski definition) is 3. The van der Waals surface area contributed by atoms with Crippen molar-refractivity contribution in [2.75, 3.05) is 6.61 Å². The van der Waals surface area contributed by atoms with Crippen LogP contribution >= 0.6 is 0 Å². The lowest BCUT2D eigenvalue weighted by Crippen LogP contribution is -2.45. The molecular weight excluding hydrogens is 771 g/mol. The second-order valence-corrected chi connectivity index (χ2v) is 20.8. The predicted octanol–water partition coefficient (Wildman–Crippen LogP) is 19.5. The Kier molecular flexibility index (Phi) is 55.2. The highest BCUT2D eigenvalue weighted by Crippen LogP contribution is 2.19. The largest absolute Gasteiger partial charge is 0.394 e. The van der Waals surface area contributed by atoms with Gasteiger partial charge in [-0.15, -0.1) is 0 Å². The van der Waals surface area contributed by atoms with Crippen LogP contribution < -0.4 is 5.32 Å². The molecule has 0 bridgehead atoms. The summed E-state index contributed by atoms with van der Waals surface area (Å²) in [5.41, 5.74) is 0. The fourth-order valence-corrected chi connectivity index (χ4v) is 9.84. The highest BCUT2D eigenvalue weighted by atomic mass is 16.3. The van der Waals surface area contributed by atoms with Gasteiger partial charge in [-0.25, -0.2) is 0 Å². The average molecular weight is 891 g/mol. The molecule has 378 valence electrons. The molecular formula is C59H119NO3. The van der Waals surface area contributed by atoms with Gasteiger partial charge in [-0.05, 0) is 12.8 Å². The Morgan fingerprint density at radius 2 is 0.508 bits per heavy atom. The van der Waals surface area contributed by atoms with Gasteiger partial charge < -0.3 is 15.5 Å². The summed E-state index contributed by atoms with van der Waals surface area (Å²) in [6, 6.07) is -0.531. The molecule has 0 aliphatic rings. The zero-order valence-electron chi connectivity index (χ0n) is 43.6. The number of carbonyl (C=O) groups is 1. The highest BCUT2D eigenvalue weighted by molar-refractivity contribution is 5.76. The first-order valence-electron chi connectivity index (χ1n) is 29.7. The van der Waals surface area contributed by atoms with Crippen LogP contribution in [0.15, 0.2) is 0 Å². The zero-order chi connectivity index (χ0) is 45.6. The molecule has 4 nitrogen and oxygen atoms in total. The van der Waals surface area contributed by atoms with Crippen LogP contribution in [0.4, 0.5) is 0 Å². The van der Waals surface area contributed by atoms with E-state index in [0.717, 1.165) is 25.7 Å². The zero-order valence-corrected chi connectivity index (χ0v) is 43.6. The molecule has 0 aliphatic heterocycles. The summed E-state index contributed by atoms with van der Waals surface area (Å²) in [4.78, 5) is 12.5. The lowest BCUT2D eigenvalue weighted by molar-refractivity contribution is -0.123. The fraction of sp³-hybridized carbons (Fsp3) is 0.983. The summed E-state index contributed by atoms with van der Waals surface area (Å²) >= 11 is 0. The average Bonchev–Trinajstić information content (AvgIpc) is 3.29. The van der Waals surface area contributed by atoms with Gasteiger partial charge in [0.25, 0.3) is 0 Å². The van der Waals surface area contributed by atoms with Crippen molar-refractivity contribution in [1.82, 2.24) is 5.32 Å². The van der Waals surface area contributed by atoms with Crippen molar-refractivity contribution >= 4 is 5.91 Å². The topological polar surface area (TPSA) is 69.6 Å². The molecule has 3 N–H and O–H groups in total. The molecule has 0 radical (unpaired) electrons. The maximum atomic E-state index is 12.5. The smallest absolute Gasteiger partial charge is 0.220 e. The van der Waals surface area contributed by atoms with Crippen molar-refractivity contribution in [3.05, 3.63) is 0 Å². The monoisotopic (exact) mass is 890 g/mol. The van der Waals surface area contributed by atoms with E-state index < -0.39 is 12.1 Å². The van der Waals surface area contributed by atoms with Gasteiger partial charge in [-0.3, -0.25) is 4.79 Å². The van der Waals surface area contributed by atoms with E-state index in [-0.39, 0.29) is 12.5 Å². The Labute approximate surface area is 397 Å². The third-order valence-corrected chi connectivity index (χ3v) is 14.4. The highest BCUT2D eigenvalue weighted by Gasteiger charge is 2.20. The number of aliphatic hydroxyl groups excluding tert-OH is 2. The van der Waals surface area contributed by atoms with Crippen molar-refractivity contribution in [2.45, 2.75) is 366 Å². The molecule has 63 heavy (non-hydrogen) atoms. The van der Waals surface area contributed by atoms with Gasteiger partial charge in [-0.2, -0.15) is 0 Å². The lowest BCUT2D eigenvalue weighted by Gasteiger charge is -2.22. The second kappa shape index (κ2) is 55.7. The van der Waals surface area contributed by atoms with Gasteiger partial charge >= 0.3 is 0 Å². The van der Waals surface area contributed by atoms with Gasteiger partial charge in [0.05, 0.1) is 18.8 Å². The van der Waals surface area contributed by atoms with E-state index >= 15 is 0 Å². The first-order valence-corrected chi connectivity index (χ1v) is 29.7. The molecule has 0 aromatic carbocycles. The van der Waals surface area contributed by atoms with Crippen LogP contribution in [-0.2, 0) is 4.79 Å². The van der Waals surface area contributed by atoms with Crippen LogP contribution in [0.3, 0.4) is 0 Å². The van der Waals surface area contributed by atoms with Gasteiger partial charge in [0.1, 0.15) is 0 Å². The summed E-state index contributed by atoms with van der Waals surface area (Å²) < 4.78 is 0. The van der Waals surface area contributed by atoms with Crippen molar-refractivity contribution in [2.24, 2.45) is 0 Å². The minimum absolute atomic E-state index is 0.0211. The maximum Gasteiger partial charge on any atom is 0.220 e. The van der Waals surface area contributed by atoms with Crippen LogP contribution in [0, 0.1) is 0 Å². The Morgan fingerprint density at radius 3 is 0.714 bits per heavy atom. The third kappa shape index (κ3) is 52.2. The van der Waals surface area contributed by atoms with Crippen LogP contribution in [0.25, 0.3) is 0 Å². The van der Waals surface area contributed by atoms with E-state index in [0.29, 0.717) is 12.8 Å². The molecule has 0 aromatic heterocycles. The minimum Gasteiger partial charge on any atom is -0.394 e. The molecule has 0 rings (SSSR count). The van der Waals surface area contributed by atoms with Gasteiger partial charge in [0, 0.05) is 6.42 Å². The number of hydrogen-bond donors (Lipinski definition) is 3. The molecule has 0 aromatic rings. The van der Waals surface area contributed by atoms with Crippen molar-refractivity contribution in [3.63, 3.8) is 0 Å². The fourth-order valence-electron chi connectivity index (χ4n) is 9.84. The van der Waals surface area contributed by atoms with E-state index in [1.807, 2.05) is 0 Å². The summed E-state index contributed by atoms with van der Waals surface area (Å²) in [6.45, 7) is 4.41. The normalized spacial score (nSPS) is 12.6. The van der Waals surface area contributed by atoms with E-state index in [1.54, 1.807) is 0 Å². The molecule has 0 saturated heterocycles. The summed E-state index contributed by atoms with van der Waals surface area (Å²) in [6.07, 6.45) is 71.1. The number of aliphatic hydroxyl groups is 2. The summed E-state index contributed by atoms with van der Waals surface area (Å²) in [5, 5.41) is 23.4. The molecule has 0 heterocycles. The molecule has 0 aliphatic carbocycles. The van der Waals surface area contributed by atoms with E-state index in [9.17, 15) is 15.0 Å². The first-order chi connectivity index (χ1) is 31.2. The number of unbranched alkanes of at least 4 members (excludes halogenated alkanes) is 49. The molecule has 0 fully saturated rings. The SMILES string of the molecule is CCCCCCCCCCCCCCCCCCCCCCCCCCCCCCCC(=O)NC(CO)C(O)CCCCCCCCCCCCCCCCCCCCCCCC. The number of nitrogens with one attached hydrogen (secondary N) is 1. The molecule has 2 atom stereocenters. The van der Waals surface area contributed by atoms with Crippen LogP contribution in [0.1, 0.15) is 354 Å². The van der Waals surface area contributed by atoms with Crippen molar-refractivity contribution in [3.8, 4) is 0 Å². The van der Waals surface area contributed by atoms with Crippen LogP contribution in [0.2, 0.25) is 0 Å². The van der Waals surface area contributed by atoms with Crippen LogP contribution in [0.5, 0.6) is 0 Å². The molecule has 0 spiro atoms. The Hall–Kier alpha value is -0.610. The van der Waals surface area contributed by atoms with Gasteiger partial charge in [0.15, 0.2) is 0 Å². The lowest BCUT2D eigenvalue weighted by atomic mass is 10.0. The number of carbonyl (C=O) groups excluding carboxylic acids is 1. The quantitative estimate of drug-likeness (QED) is 0.0533. The van der Waals surface area contributed by atoms with Gasteiger partial charge in [0.2, 0.25) is 5.91 Å². The molecule has 0 saturated carbocycles. The second-order valence-electron chi connectivity index (χ2n) is 20.8. The predicted molar refractivity (Wildman–Crippen MR) is 281 cm³/mol. The minimum atomic E-state index is -0.655. The molecule has 1 amide bonds. The van der Waals surface area contributed by atoms with Crippen molar-refractivity contribution in [1.29, 1.82) is 0 Å². The van der Waals surface area contributed by atoms with Gasteiger partial charge in [-0.1, -0.05) is 335 Å². The van der Waals surface area contributed by atoms with Crippen molar-refractivity contribution < 1.29 is 15.0 Å². The number of rotatable bonds is 56. The standard InChI is InChI=1S/C59H119NO3/c1-3-5-7-9-11-13-15-17-19-21-23-25-27-28-29-30-31-32-33-35-37-39-41-43-45-47-49-51-53-55-59(63)60-57(56-61)58(62)54-52-50-48-46-44-42-40-38-36-34-26-24-22-20-18-16-14-12-10-8-6-4-2/h57-58,61-62H,3-56H2,1-2H3,(H,60,63).